The van der Waals surface area contributed by atoms with Crippen LogP contribution in [0, 0.1) is 17.2 Å². The Bertz CT molecular complexity index is 1350. The van der Waals surface area contributed by atoms with E-state index in [4.69, 9.17) is 14.9 Å². The fourth-order valence-corrected chi connectivity index (χ4v) is 6.49. The number of ether oxygens (including phenoxy) is 1. The van der Waals surface area contributed by atoms with E-state index in [0.29, 0.717) is 31.4 Å². The maximum absolute atomic E-state index is 13.3. The van der Waals surface area contributed by atoms with Gasteiger partial charge in [-0.15, -0.1) is 0 Å². The molecule has 1 aliphatic rings. The van der Waals surface area contributed by atoms with Gasteiger partial charge in [-0.2, -0.15) is 0 Å². The number of nitrogens with zero attached hydrogens (tertiary/aromatic N) is 1. The topological polar surface area (TPSA) is 157 Å². The van der Waals surface area contributed by atoms with Gasteiger partial charge in [-0.25, -0.2) is 14.2 Å². The molecule has 10 nitrogen and oxygen atoms in total. The summed E-state index contributed by atoms with van der Waals surface area (Å²) in [4.78, 5) is 45.5. The third-order valence-electron chi connectivity index (χ3n) is 8.61. The molecular weight excluding hydrogens is 559 g/mol. The number of benzene rings is 1. The number of hydrogen-bond acceptors (Lipinski definition) is 7. The van der Waals surface area contributed by atoms with Crippen LogP contribution in [0.2, 0.25) is 18.1 Å². The maximum atomic E-state index is 13.3. The zero-order valence-corrected chi connectivity index (χ0v) is 26.9. The van der Waals surface area contributed by atoms with Crippen molar-refractivity contribution in [1.29, 1.82) is 0 Å². The average Bonchev–Trinajstić information content (AvgIpc) is 3.30. The van der Waals surface area contributed by atoms with Gasteiger partial charge in [-0.05, 0) is 61.0 Å². The highest BCUT2D eigenvalue weighted by atomic mass is 28.4. The Kier molecular flexibility index (Phi) is 9.63. The summed E-state index contributed by atoms with van der Waals surface area (Å²) in [5.74, 6) is -1.84. The van der Waals surface area contributed by atoms with Crippen molar-refractivity contribution in [2.24, 2.45) is 17.1 Å². The van der Waals surface area contributed by atoms with Crippen molar-refractivity contribution in [2.45, 2.75) is 97.0 Å². The lowest BCUT2D eigenvalue weighted by atomic mass is 9.68. The van der Waals surface area contributed by atoms with Gasteiger partial charge in [0.25, 0.3) is 11.5 Å². The number of aromatic amines is 1. The second-order valence-corrected chi connectivity index (χ2v) is 18.7. The molecule has 1 heterocycles. The molecule has 3 atom stereocenters. The number of hydrogen-bond donors (Lipinski definition) is 4. The number of carbonyl (C=O) groups excluding carboxylic acids is 2. The van der Waals surface area contributed by atoms with E-state index in [2.05, 4.69) is 49.1 Å². The number of carbonyl (C=O) groups is 2. The molecule has 1 aromatic heterocycles. The summed E-state index contributed by atoms with van der Waals surface area (Å²) in [5, 5.41) is 13.2. The number of H-pyrrole nitrogens is 1. The van der Waals surface area contributed by atoms with Crippen LogP contribution in [0.3, 0.4) is 0 Å². The number of aromatic nitrogens is 2. The minimum atomic E-state index is -2.05. The number of primary amides is 1. The summed E-state index contributed by atoms with van der Waals surface area (Å²) in [6, 6.07) is 5.56. The Labute approximate surface area is 247 Å². The fourth-order valence-electron chi connectivity index (χ4n) is 5.41. The molecule has 1 saturated carbocycles. The minimum absolute atomic E-state index is 0.0195. The molecule has 0 aliphatic heterocycles. The van der Waals surface area contributed by atoms with Crippen LogP contribution in [0.15, 0.2) is 29.1 Å². The van der Waals surface area contributed by atoms with E-state index < -0.39 is 60.1 Å². The predicted octanol–water partition coefficient (Wildman–Crippen LogP) is 5.11. The molecule has 12 heteroatoms. The molecule has 0 bridgehead atoms. The molecule has 232 valence electrons. The van der Waals surface area contributed by atoms with Crippen molar-refractivity contribution in [1.82, 2.24) is 15.3 Å². The van der Waals surface area contributed by atoms with Gasteiger partial charge in [-0.1, -0.05) is 53.7 Å². The zero-order chi connectivity index (χ0) is 31.7. The highest BCUT2D eigenvalue weighted by Crippen LogP contribution is 2.51. The maximum Gasteiger partial charge on any atom is 0.404 e. The highest BCUT2D eigenvalue weighted by Gasteiger charge is 2.55. The van der Waals surface area contributed by atoms with E-state index >= 15 is 0 Å². The van der Waals surface area contributed by atoms with Gasteiger partial charge in [0.2, 0.25) is 5.75 Å². The van der Waals surface area contributed by atoms with Crippen LogP contribution < -0.4 is 16.6 Å². The van der Waals surface area contributed by atoms with Crippen molar-refractivity contribution in [3.63, 3.8) is 0 Å². The fraction of sp³-hybridized carbons (Fsp3) is 0.600. The average molecular weight is 605 g/mol. The first-order valence-corrected chi connectivity index (χ1v) is 17.1. The number of rotatable bonds is 9. The molecule has 1 aromatic carbocycles. The molecule has 1 fully saturated rings. The largest absolute Gasteiger partial charge is 0.501 e. The number of nitrogens with one attached hydrogen (secondary N) is 2. The monoisotopic (exact) mass is 604 g/mol. The van der Waals surface area contributed by atoms with Crippen LogP contribution >= 0.6 is 0 Å². The summed E-state index contributed by atoms with van der Waals surface area (Å²) >= 11 is 0. The van der Waals surface area contributed by atoms with Gasteiger partial charge < -0.3 is 30.3 Å². The second-order valence-electron chi connectivity index (χ2n) is 13.9. The van der Waals surface area contributed by atoms with Crippen molar-refractivity contribution in [3.05, 3.63) is 57.5 Å². The van der Waals surface area contributed by atoms with Gasteiger partial charge in [0.15, 0.2) is 14.0 Å². The molecule has 2 amide bonds. The van der Waals surface area contributed by atoms with Crippen LogP contribution in [0.5, 0.6) is 5.75 Å². The third kappa shape index (κ3) is 7.38. The van der Waals surface area contributed by atoms with Crippen LogP contribution in [0.4, 0.5) is 9.18 Å². The zero-order valence-electron chi connectivity index (χ0n) is 25.9. The van der Waals surface area contributed by atoms with Gasteiger partial charge >= 0.3 is 6.09 Å². The Balaban J connectivity index is 2.03. The van der Waals surface area contributed by atoms with Crippen LogP contribution in [0.1, 0.15) is 82.7 Å². The van der Waals surface area contributed by atoms with E-state index in [1.165, 1.54) is 24.3 Å². The van der Waals surface area contributed by atoms with Gasteiger partial charge in [0.1, 0.15) is 17.7 Å². The molecule has 2 aromatic rings. The Morgan fingerprint density at radius 1 is 1.21 bits per heavy atom. The third-order valence-corrected chi connectivity index (χ3v) is 13.1. The molecule has 3 unspecified atom stereocenters. The quantitative estimate of drug-likeness (QED) is 0.290. The summed E-state index contributed by atoms with van der Waals surface area (Å²) in [6.07, 6.45) is -0.170. The molecular formula is C30H45FN4O6Si. The van der Waals surface area contributed by atoms with E-state index in [9.17, 15) is 23.9 Å². The van der Waals surface area contributed by atoms with E-state index in [-0.39, 0.29) is 23.3 Å². The lowest BCUT2D eigenvalue weighted by molar-refractivity contribution is -0.0245. The Morgan fingerprint density at radius 3 is 2.38 bits per heavy atom. The van der Waals surface area contributed by atoms with Crippen molar-refractivity contribution < 1.29 is 28.2 Å². The summed E-state index contributed by atoms with van der Waals surface area (Å²) in [6.45, 7) is 17.1. The first kappa shape index (κ1) is 33.3. The minimum Gasteiger partial charge on any atom is -0.501 e. The molecule has 1 aliphatic carbocycles. The standard InChI is InChI=1S/C30H45FN4O6Si/c1-28(2,3)25(41-27(32)39)30(14-13-19(15-30)17-40-42(7,8)29(4,5)6)26-34-21(22(36)24(38)35-26)23(37)33-16-18-9-11-20(31)12-10-18/h9-12,19,25,36H,13-17H2,1-8H3,(H2,32,39)(H,33,37)(H,34,35,38). The van der Waals surface area contributed by atoms with Crippen LogP contribution in [-0.4, -0.2) is 48.1 Å². The lowest BCUT2D eigenvalue weighted by Gasteiger charge is -2.43. The number of nitrogens with two attached hydrogens (primary N) is 1. The molecule has 0 radical (unpaired) electrons. The molecule has 3 rings (SSSR count). The Morgan fingerprint density at radius 2 is 1.83 bits per heavy atom. The molecule has 0 saturated heterocycles. The Hall–Kier alpha value is -3.25. The molecule has 0 spiro atoms. The first-order chi connectivity index (χ1) is 19.3. The number of aromatic hydroxyl groups is 1. The summed E-state index contributed by atoms with van der Waals surface area (Å²) in [5.41, 5.74) is 3.15. The number of amides is 2. The van der Waals surface area contributed by atoms with Crippen LogP contribution in [-0.2, 0) is 21.1 Å². The van der Waals surface area contributed by atoms with Gasteiger partial charge in [0, 0.05) is 18.6 Å². The van der Waals surface area contributed by atoms with Gasteiger partial charge in [-0.3, -0.25) is 9.59 Å². The SMILES string of the molecule is CC(C)(C)C(OC(N)=O)C1(c2nc(C(=O)NCc3ccc(F)cc3)c(O)c(=O)[nH]2)CCC(CO[Si](C)(C)C(C)(C)C)C1. The van der Waals surface area contributed by atoms with E-state index in [1.54, 1.807) is 0 Å². The summed E-state index contributed by atoms with van der Waals surface area (Å²) < 4.78 is 25.5. The predicted molar refractivity (Wildman–Crippen MR) is 160 cm³/mol. The smallest absolute Gasteiger partial charge is 0.404 e. The second kappa shape index (κ2) is 12.2. The first-order valence-electron chi connectivity index (χ1n) is 14.2. The lowest BCUT2D eigenvalue weighted by Crippen LogP contribution is -2.51. The molecule has 5 N–H and O–H groups in total. The highest BCUT2D eigenvalue weighted by molar-refractivity contribution is 6.74. The van der Waals surface area contributed by atoms with Gasteiger partial charge in [0.05, 0.1) is 5.41 Å². The van der Waals surface area contributed by atoms with E-state index in [0.717, 1.165) is 0 Å². The van der Waals surface area contributed by atoms with Crippen molar-refractivity contribution >= 4 is 20.3 Å². The molecule has 42 heavy (non-hydrogen) atoms. The van der Waals surface area contributed by atoms with Crippen molar-refractivity contribution in [3.8, 4) is 5.75 Å². The summed E-state index contributed by atoms with van der Waals surface area (Å²) in [7, 11) is -2.05. The normalized spacial score (nSPS) is 20.3. The van der Waals surface area contributed by atoms with E-state index in [1.807, 2.05) is 20.8 Å². The van der Waals surface area contributed by atoms with Crippen molar-refractivity contribution in [2.75, 3.05) is 6.61 Å². The van der Waals surface area contributed by atoms with Crippen LogP contribution in [0.25, 0.3) is 0 Å². The number of halogens is 1.